The van der Waals surface area contributed by atoms with Crippen molar-refractivity contribution in [3.8, 4) is 17.2 Å². The average molecular weight is 1980 g/mol. The van der Waals surface area contributed by atoms with Crippen molar-refractivity contribution in [2.75, 3.05) is 66.0 Å². The smallest absolute Gasteiger partial charge is 0.411 e. The van der Waals surface area contributed by atoms with Gasteiger partial charge in [0, 0.05) is 74.3 Å². The average Bonchev–Trinajstić information content (AvgIpc) is 1.55. The summed E-state index contributed by atoms with van der Waals surface area (Å²) >= 11 is 39.3. The number of benzene rings is 8. The van der Waals surface area contributed by atoms with Crippen LogP contribution in [0.15, 0.2) is 189 Å². The summed E-state index contributed by atoms with van der Waals surface area (Å²) in [4.78, 5) is 121. The zero-order valence-corrected chi connectivity index (χ0v) is 82.4. The number of anilines is 4. The Morgan fingerprint density at radius 1 is 0.741 bits per heavy atom. The molecule has 9 aromatic rings. The van der Waals surface area contributed by atoms with E-state index in [0.717, 1.165) is 64.6 Å². The summed E-state index contributed by atoms with van der Waals surface area (Å²) in [6, 6.07) is 40.9. The fraction of sp³-hybridized carbons (Fsp3) is 0.394. The van der Waals surface area contributed by atoms with Gasteiger partial charge in [-0.1, -0.05) is 198 Å². The normalized spacial score (nSPS) is 18.1. The zero-order valence-electron chi connectivity index (χ0n) is 77.0. The second-order valence-corrected chi connectivity index (χ2v) is 37.9. The van der Waals surface area contributed by atoms with Gasteiger partial charge >= 0.3 is 18.0 Å². The number of aryl methyl sites for hydroxylation is 2. The van der Waals surface area contributed by atoms with Crippen molar-refractivity contribution in [1.29, 1.82) is 0 Å². The van der Waals surface area contributed by atoms with Crippen molar-refractivity contribution in [3.05, 3.63) is 222 Å². The van der Waals surface area contributed by atoms with Crippen molar-refractivity contribution >= 4 is 186 Å². The topological polar surface area (TPSA) is 369 Å². The quantitative estimate of drug-likeness (QED) is 0.00706. The van der Waals surface area contributed by atoms with Crippen LogP contribution in [0.3, 0.4) is 0 Å². The number of unbranched alkanes of at least 4 members (excludes halogenated alkanes) is 1. The highest BCUT2D eigenvalue weighted by atomic mass is 35.5. The molecular weight excluding hydrogens is 1870 g/mol. The summed E-state index contributed by atoms with van der Waals surface area (Å²) in [6.07, 6.45) is 8.70. The van der Waals surface area contributed by atoms with E-state index in [1.165, 1.54) is 46.9 Å². The molecule has 7 amide bonds. The molecule has 1 aromatic heterocycles. The maximum atomic E-state index is 14.1. The summed E-state index contributed by atoms with van der Waals surface area (Å²) in [6.45, 7) is 23.7. The monoisotopic (exact) mass is 1980 g/mol. The third kappa shape index (κ3) is 26.5. The fourth-order valence-electron chi connectivity index (χ4n) is 16.1. The SMILES string of the molecule is CCCCOC(=O)C(CC(C)c1ccccc1)CC(C)(CC)C(=O)NC1=NN(c2c(Cl)cc(Cl)cc2Cl)C(=O)C1n1cccn1.CCN(C(=O)C1OC12CCC(C)CC2C)c1cccc(C(=O)NC2=NN(c3c(Cl)cc(Cl)cc3Cl)C(=O)C2N=Nc2ccc(OC)cc2)c1.Cc1ccc(OCCCNC(=O)c2cc(SCCCC(=O)O)c3c(NC(=O)OCC(C)C)cccc3c2O)c(C)c1. The highest BCUT2D eigenvalue weighted by Gasteiger charge is 2.65. The highest BCUT2D eigenvalue weighted by molar-refractivity contribution is 7.99. The van der Waals surface area contributed by atoms with Crippen molar-refractivity contribution in [1.82, 2.24) is 25.7 Å². The molecule has 0 radical (unpaired) electrons. The number of amidine groups is 2. The number of carbonyl (C=O) groups excluding carboxylic acids is 8. The number of hydrogen-bond acceptors (Lipinski definition) is 21. The maximum absolute atomic E-state index is 14.1. The van der Waals surface area contributed by atoms with Crippen LogP contribution in [0, 0.1) is 42.9 Å². The van der Waals surface area contributed by atoms with E-state index in [4.69, 9.17) is 98.4 Å². The lowest BCUT2D eigenvalue weighted by Crippen LogP contribution is -2.46. The van der Waals surface area contributed by atoms with Crippen LogP contribution in [-0.2, 0) is 43.0 Å². The van der Waals surface area contributed by atoms with Gasteiger partial charge in [0.1, 0.15) is 34.2 Å². The molecule has 135 heavy (non-hydrogen) atoms. The van der Waals surface area contributed by atoms with Crippen LogP contribution in [0.1, 0.15) is 182 Å². The molecule has 9 unspecified atom stereocenters. The van der Waals surface area contributed by atoms with E-state index < -0.39 is 70.8 Å². The van der Waals surface area contributed by atoms with Gasteiger partial charge in [0.2, 0.25) is 11.9 Å². The molecule has 29 nitrogen and oxygen atoms in total. The van der Waals surface area contributed by atoms with Gasteiger partial charge < -0.3 is 54.7 Å². The minimum atomic E-state index is -1.34. The number of methoxy groups -OCH3 is 1. The number of azo groups is 1. The molecule has 36 heteroatoms. The van der Waals surface area contributed by atoms with Gasteiger partial charge in [-0.05, 0) is 210 Å². The van der Waals surface area contributed by atoms with Crippen LogP contribution in [0.25, 0.3) is 10.8 Å². The molecule has 6 N–H and O–H groups in total. The number of nitrogens with zero attached hydrogens (tertiary/aromatic N) is 9. The predicted octanol–water partition coefficient (Wildman–Crippen LogP) is 22.2. The first kappa shape index (κ1) is 104. The molecule has 1 saturated carbocycles. The Morgan fingerprint density at radius 3 is 2.04 bits per heavy atom. The van der Waals surface area contributed by atoms with E-state index in [-0.39, 0.29) is 120 Å². The largest absolute Gasteiger partial charge is 0.506 e. The number of carboxylic acids is 1. The number of aliphatic carboxylic acids is 1. The molecule has 1 spiro atoms. The Morgan fingerprint density at radius 2 is 1.41 bits per heavy atom. The van der Waals surface area contributed by atoms with Crippen molar-refractivity contribution in [2.45, 2.75) is 181 Å². The number of phenolic OH excluding ortho intramolecular Hbond substituents is 1. The van der Waals surface area contributed by atoms with E-state index in [2.05, 4.69) is 67.6 Å². The molecule has 0 bridgehead atoms. The third-order valence-corrected chi connectivity index (χ3v) is 26.3. The zero-order chi connectivity index (χ0) is 97.7. The lowest BCUT2D eigenvalue weighted by molar-refractivity contribution is -0.151. The van der Waals surface area contributed by atoms with Gasteiger partial charge in [0.15, 0.2) is 23.8 Å². The number of esters is 1. The number of thioether (sulfide) groups is 1. The van der Waals surface area contributed by atoms with E-state index in [1.54, 1.807) is 97.1 Å². The molecule has 13 rings (SSSR count). The summed E-state index contributed by atoms with van der Waals surface area (Å²) in [5, 5.41) is 56.8. The molecular formula is C99H111Cl6N13O16S. The van der Waals surface area contributed by atoms with Crippen LogP contribution in [0.2, 0.25) is 30.1 Å². The summed E-state index contributed by atoms with van der Waals surface area (Å²) in [7, 11) is 1.54. The Bertz CT molecular complexity index is 5850. The maximum Gasteiger partial charge on any atom is 0.411 e. The lowest BCUT2D eigenvalue weighted by Gasteiger charge is -2.32. The first-order chi connectivity index (χ1) is 64.5. The number of likely N-dealkylation sites (N-methyl/N-ethyl adjacent to an activating group) is 1. The number of epoxide rings is 1. The van der Waals surface area contributed by atoms with E-state index in [1.807, 2.05) is 104 Å². The Kier molecular flexibility index (Phi) is 37.0. The Hall–Kier alpha value is -11.4. The molecule has 3 aliphatic heterocycles. The second kappa shape index (κ2) is 47.9. The van der Waals surface area contributed by atoms with Crippen molar-refractivity contribution in [2.24, 2.45) is 49.5 Å². The van der Waals surface area contributed by atoms with Gasteiger partial charge in [0.05, 0.1) is 69.9 Å². The highest BCUT2D eigenvalue weighted by Crippen LogP contribution is 2.54. The number of phenols is 1. The summed E-state index contributed by atoms with van der Waals surface area (Å²) < 4.78 is 29.5. The molecule has 4 aliphatic rings. The Labute approximate surface area is 819 Å². The number of halogens is 6. The van der Waals surface area contributed by atoms with E-state index in [9.17, 15) is 48.3 Å². The Balaban J connectivity index is 0.000000196. The molecule has 716 valence electrons. The number of aromatic hydroxyl groups is 1. The number of rotatable bonds is 35. The number of hydrogen-bond donors (Lipinski definition) is 6. The van der Waals surface area contributed by atoms with Gasteiger partial charge in [-0.2, -0.15) is 25.3 Å². The van der Waals surface area contributed by atoms with Crippen LogP contribution in [0.4, 0.5) is 33.2 Å². The molecule has 2 fully saturated rings. The number of ether oxygens (including phenoxy) is 5. The molecule has 9 atom stereocenters. The first-order valence-corrected chi connectivity index (χ1v) is 47.9. The summed E-state index contributed by atoms with van der Waals surface area (Å²) in [5.74, 6) is -1.72. The number of carbonyl (C=O) groups is 9. The number of carboxylic acid groups (broad SMARTS) is 1. The van der Waals surface area contributed by atoms with Gasteiger partial charge in [-0.25, -0.2) is 4.79 Å². The number of amides is 7. The lowest BCUT2D eigenvalue weighted by atomic mass is 9.73. The van der Waals surface area contributed by atoms with Gasteiger partial charge in [0.25, 0.3) is 29.5 Å². The van der Waals surface area contributed by atoms with Gasteiger partial charge in [-0.3, -0.25) is 48.4 Å². The van der Waals surface area contributed by atoms with Crippen LogP contribution < -0.4 is 45.7 Å². The molecule has 1 saturated heterocycles. The van der Waals surface area contributed by atoms with Crippen molar-refractivity contribution < 1.29 is 77.0 Å². The van der Waals surface area contributed by atoms with Crippen LogP contribution in [-0.4, -0.2) is 149 Å². The molecule has 8 aromatic carbocycles. The van der Waals surface area contributed by atoms with Crippen LogP contribution >= 0.6 is 81.4 Å². The fourth-order valence-corrected chi connectivity index (χ4v) is 19.1. The number of aromatic nitrogens is 2. The van der Waals surface area contributed by atoms with Gasteiger partial charge in [-0.15, -0.1) is 22.0 Å². The first-order valence-electron chi connectivity index (χ1n) is 44.7. The second-order valence-electron chi connectivity index (χ2n) is 34.3. The number of nitrogens with one attached hydrogen (secondary N) is 4. The van der Waals surface area contributed by atoms with E-state index in [0.29, 0.717) is 107 Å². The number of hydrazone groups is 2. The van der Waals surface area contributed by atoms with E-state index >= 15 is 0 Å². The predicted molar refractivity (Wildman–Crippen MR) is 528 cm³/mol. The molecule has 1 aliphatic carbocycles. The minimum absolute atomic E-state index is 0.00712. The summed E-state index contributed by atoms with van der Waals surface area (Å²) in [5.41, 5.74) is 3.82. The van der Waals surface area contributed by atoms with Crippen molar-refractivity contribution in [3.63, 3.8) is 0 Å². The minimum Gasteiger partial charge on any atom is -0.506 e. The standard InChI is InChI=1S/C35H35Cl3N6O5.C33H38Cl3N5O4.C31H38N2O7S/c1-5-43(34(47)30-35(49-30)14-13-19(2)15-20(35)3)24-8-6-7-21(16-24)32(45)39-31-28(41-40-23-9-11-25(48-4)12-10-23)33(46)44(42-31)29-26(37)17-22(36)18-27(29)38;1-5-7-16-45-31(43)23(17-21(3)22-12-9-8-10-13-22)20-33(4,6-2)32(44)38-29-28(40-15-11-14-37-40)30(42)41(39-29)27-25(35)18-24(34)19-26(27)36;1-19(2)18-40-31(38)33-24-9-5-8-22-28(24)26(41-15-6-10-27(34)35)17-23(29(22)36)30(37)32-13-7-14-39-25-12-11-20(3)16-21(25)4/h6-12,16-20,28,30H,5,13-15H2,1-4H3,(H,39,42,45);8-15,18-19,21,23,28H,5-7,16-17,20H2,1-4H3,(H,38,39,44);5,8-9,11-12,16-17,19,36H,6-7,10,13-15,18H2,1-4H3,(H,32,37)(H,33,38)(H,34,35). The number of fused-ring (bicyclic) bond motifs is 1. The van der Waals surface area contributed by atoms with Crippen LogP contribution in [0.5, 0.6) is 17.2 Å². The third-order valence-electron chi connectivity index (χ3n) is 23.6. The molecule has 4 heterocycles.